The zero-order valence-corrected chi connectivity index (χ0v) is 8.08. The van der Waals surface area contributed by atoms with Crippen LogP contribution in [0.4, 0.5) is 11.5 Å². The lowest BCUT2D eigenvalue weighted by molar-refractivity contribution is -0.117. The van der Waals surface area contributed by atoms with Crippen molar-refractivity contribution in [2.45, 2.75) is 19.8 Å². The Morgan fingerprint density at radius 1 is 1.64 bits per heavy atom. The van der Waals surface area contributed by atoms with Crippen LogP contribution in [0.2, 0.25) is 0 Å². The number of nitrogens with zero attached hydrogens (tertiary/aromatic N) is 1. The molecule has 4 nitrogen and oxygen atoms in total. The van der Waals surface area contributed by atoms with Gasteiger partial charge in [0.15, 0.2) is 5.82 Å². The highest BCUT2D eigenvalue weighted by atomic mass is 16.2. The van der Waals surface area contributed by atoms with Gasteiger partial charge in [-0.05, 0) is 31.4 Å². The minimum Gasteiger partial charge on any atom is -0.396 e. The molecule has 74 valence electrons. The summed E-state index contributed by atoms with van der Waals surface area (Å²) < 4.78 is 0. The summed E-state index contributed by atoms with van der Waals surface area (Å²) in [5, 5.41) is 2.72. The van der Waals surface area contributed by atoms with Crippen LogP contribution in [-0.2, 0) is 4.79 Å². The van der Waals surface area contributed by atoms with Crippen molar-refractivity contribution in [3.63, 3.8) is 0 Å². The van der Waals surface area contributed by atoms with Crippen LogP contribution >= 0.6 is 0 Å². The van der Waals surface area contributed by atoms with Gasteiger partial charge in [0.1, 0.15) is 0 Å². The van der Waals surface area contributed by atoms with Crippen LogP contribution in [-0.4, -0.2) is 10.9 Å². The topological polar surface area (TPSA) is 68.0 Å². The number of aryl methyl sites for hydroxylation is 1. The van der Waals surface area contributed by atoms with Crippen LogP contribution < -0.4 is 11.1 Å². The van der Waals surface area contributed by atoms with Crippen LogP contribution in [0.3, 0.4) is 0 Å². The van der Waals surface area contributed by atoms with Crippen molar-refractivity contribution < 1.29 is 4.79 Å². The van der Waals surface area contributed by atoms with Crippen LogP contribution in [0.5, 0.6) is 0 Å². The zero-order chi connectivity index (χ0) is 10.1. The first kappa shape index (κ1) is 8.99. The average Bonchev–Trinajstić information content (AvgIpc) is 2.92. The van der Waals surface area contributed by atoms with Crippen molar-refractivity contribution in [3.05, 3.63) is 17.8 Å². The molecule has 1 fully saturated rings. The van der Waals surface area contributed by atoms with Crippen molar-refractivity contribution >= 4 is 17.4 Å². The molecule has 0 spiro atoms. The molecule has 2 rings (SSSR count). The van der Waals surface area contributed by atoms with Crippen molar-refractivity contribution in [3.8, 4) is 0 Å². The van der Waals surface area contributed by atoms with Gasteiger partial charge in [-0.2, -0.15) is 0 Å². The molecule has 0 unspecified atom stereocenters. The van der Waals surface area contributed by atoms with Crippen LogP contribution in [0, 0.1) is 12.8 Å². The minimum atomic E-state index is 0.0352. The molecule has 0 aromatic carbocycles. The van der Waals surface area contributed by atoms with Crippen molar-refractivity contribution in [2.24, 2.45) is 5.92 Å². The molecule has 1 aromatic rings. The third-order valence-corrected chi connectivity index (χ3v) is 2.24. The fourth-order valence-corrected chi connectivity index (χ4v) is 1.26. The van der Waals surface area contributed by atoms with E-state index in [0.717, 1.165) is 18.4 Å². The summed E-state index contributed by atoms with van der Waals surface area (Å²) >= 11 is 0. The number of nitrogens with two attached hydrogens (primary N) is 1. The van der Waals surface area contributed by atoms with Gasteiger partial charge in [-0.25, -0.2) is 4.98 Å². The number of carbonyl (C=O) groups excluding carboxylic acids is 1. The molecular formula is C10H13N3O. The van der Waals surface area contributed by atoms with E-state index in [4.69, 9.17) is 5.73 Å². The predicted octanol–water partition coefficient (Wildman–Crippen LogP) is 1.32. The number of nitrogens with one attached hydrogen (secondary N) is 1. The minimum absolute atomic E-state index is 0.0352. The number of nitrogen functional groups attached to an aromatic ring is 1. The molecule has 4 heteroatoms. The van der Waals surface area contributed by atoms with Crippen molar-refractivity contribution in [1.82, 2.24) is 4.98 Å². The number of hydrogen-bond donors (Lipinski definition) is 2. The van der Waals surface area contributed by atoms with Gasteiger partial charge in [0.05, 0.1) is 5.69 Å². The van der Waals surface area contributed by atoms with Crippen LogP contribution in [0.15, 0.2) is 12.3 Å². The summed E-state index contributed by atoms with van der Waals surface area (Å²) in [6.45, 7) is 1.91. The normalized spacial score (nSPS) is 15.2. The molecule has 1 saturated carbocycles. The average molecular weight is 191 g/mol. The van der Waals surface area contributed by atoms with E-state index in [0.29, 0.717) is 11.5 Å². The first-order chi connectivity index (χ1) is 6.66. The maximum absolute atomic E-state index is 11.4. The lowest BCUT2D eigenvalue weighted by atomic mass is 10.3. The van der Waals surface area contributed by atoms with E-state index in [1.807, 2.05) is 6.92 Å². The number of amides is 1. The first-order valence-electron chi connectivity index (χ1n) is 4.70. The zero-order valence-electron chi connectivity index (χ0n) is 8.08. The van der Waals surface area contributed by atoms with Crippen molar-refractivity contribution in [1.29, 1.82) is 0 Å². The lowest BCUT2D eigenvalue weighted by Gasteiger charge is -2.06. The second kappa shape index (κ2) is 3.29. The summed E-state index contributed by atoms with van der Waals surface area (Å²) in [6, 6.07) is 1.80. The molecule has 0 atom stereocenters. The molecule has 0 saturated heterocycles. The number of anilines is 2. The fourth-order valence-electron chi connectivity index (χ4n) is 1.26. The third kappa shape index (κ3) is 1.84. The Labute approximate surface area is 82.5 Å². The van der Waals surface area contributed by atoms with E-state index in [1.54, 1.807) is 12.3 Å². The van der Waals surface area contributed by atoms with E-state index in [1.165, 1.54) is 0 Å². The van der Waals surface area contributed by atoms with Gasteiger partial charge in [0.2, 0.25) is 5.91 Å². The number of hydrogen-bond acceptors (Lipinski definition) is 3. The third-order valence-electron chi connectivity index (χ3n) is 2.24. The Morgan fingerprint density at radius 3 is 2.93 bits per heavy atom. The first-order valence-corrected chi connectivity index (χ1v) is 4.70. The second-order valence-corrected chi connectivity index (χ2v) is 3.71. The molecule has 14 heavy (non-hydrogen) atoms. The van der Waals surface area contributed by atoms with Gasteiger partial charge in [-0.15, -0.1) is 0 Å². The lowest BCUT2D eigenvalue weighted by Crippen LogP contribution is -2.15. The Kier molecular flexibility index (Phi) is 2.11. The maximum atomic E-state index is 11.4. The highest BCUT2D eigenvalue weighted by Crippen LogP contribution is 2.30. The van der Waals surface area contributed by atoms with Crippen LogP contribution in [0.25, 0.3) is 0 Å². The Hall–Kier alpha value is -1.58. The molecule has 1 heterocycles. The Bertz CT molecular complexity index is 372. The van der Waals surface area contributed by atoms with E-state index in [2.05, 4.69) is 10.3 Å². The van der Waals surface area contributed by atoms with Gasteiger partial charge >= 0.3 is 0 Å². The van der Waals surface area contributed by atoms with Gasteiger partial charge in [-0.1, -0.05) is 0 Å². The largest absolute Gasteiger partial charge is 0.396 e. The quantitative estimate of drug-likeness (QED) is 0.740. The van der Waals surface area contributed by atoms with E-state index in [9.17, 15) is 4.79 Å². The Morgan fingerprint density at radius 2 is 2.36 bits per heavy atom. The predicted molar refractivity (Wildman–Crippen MR) is 54.7 cm³/mol. The highest BCUT2D eigenvalue weighted by molar-refractivity contribution is 5.95. The second-order valence-electron chi connectivity index (χ2n) is 3.71. The van der Waals surface area contributed by atoms with Crippen LogP contribution in [0.1, 0.15) is 18.4 Å². The number of pyridine rings is 1. The summed E-state index contributed by atoms with van der Waals surface area (Å²) in [5.74, 6) is 0.693. The molecule has 1 aliphatic carbocycles. The molecular weight excluding hydrogens is 178 g/mol. The van der Waals surface area contributed by atoms with Crippen molar-refractivity contribution in [2.75, 3.05) is 11.1 Å². The molecule has 1 aromatic heterocycles. The number of aromatic nitrogens is 1. The summed E-state index contributed by atoms with van der Waals surface area (Å²) in [5.41, 5.74) is 7.23. The number of rotatable bonds is 2. The summed E-state index contributed by atoms with van der Waals surface area (Å²) in [4.78, 5) is 15.5. The van der Waals surface area contributed by atoms with Gasteiger partial charge in [0.25, 0.3) is 0 Å². The molecule has 0 radical (unpaired) electrons. The van der Waals surface area contributed by atoms with Gasteiger partial charge in [-0.3, -0.25) is 4.79 Å². The summed E-state index contributed by atoms with van der Waals surface area (Å²) in [6.07, 6.45) is 3.66. The highest BCUT2D eigenvalue weighted by Gasteiger charge is 2.30. The van der Waals surface area contributed by atoms with Gasteiger partial charge < -0.3 is 11.1 Å². The summed E-state index contributed by atoms with van der Waals surface area (Å²) in [7, 11) is 0. The monoisotopic (exact) mass is 191 g/mol. The fraction of sp³-hybridized carbons (Fsp3) is 0.400. The molecule has 0 bridgehead atoms. The smallest absolute Gasteiger partial charge is 0.228 e. The van der Waals surface area contributed by atoms with E-state index >= 15 is 0 Å². The molecule has 1 amide bonds. The molecule has 3 N–H and O–H groups in total. The Balaban J connectivity index is 2.11. The number of carbonyl (C=O) groups is 1. The maximum Gasteiger partial charge on any atom is 0.228 e. The molecule has 0 aliphatic heterocycles. The van der Waals surface area contributed by atoms with E-state index in [-0.39, 0.29) is 11.8 Å². The molecule has 1 aliphatic rings. The van der Waals surface area contributed by atoms with Gasteiger partial charge in [0, 0.05) is 12.1 Å². The van der Waals surface area contributed by atoms with E-state index < -0.39 is 0 Å². The standard InChI is InChI=1S/C10H13N3O/c1-6-4-8(11)9(12-5-6)13-10(14)7-2-3-7/h4-5,7H,2-3,11H2,1H3,(H,12,13,14). The SMILES string of the molecule is Cc1cnc(NC(=O)C2CC2)c(N)c1.